The van der Waals surface area contributed by atoms with Crippen LogP contribution in [0, 0.1) is 11.3 Å². The molecule has 3 nitrogen and oxygen atoms in total. The lowest BCUT2D eigenvalue weighted by molar-refractivity contribution is 0.474. The Morgan fingerprint density at radius 3 is 3.07 bits per heavy atom. The van der Waals surface area contributed by atoms with E-state index in [0.29, 0.717) is 12.3 Å². The van der Waals surface area contributed by atoms with E-state index in [9.17, 15) is 0 Å². The van der Waals surface area contributed by atoms with E-state index < -0.39 is 0 Å². The molecule has 1 rings (SSSR count). The second-order valence-corrected chi connectivity index (χ2v) is 3.89. The van der Waals surface area contributed by atoms with Gasteiger partial charge in [0.05, 0.1) is 6.54 Å². The molecular weight excluding hydrogens is 196 g/mol. The number of rotatable bonds is 6. The van der Waals surface area contributed by atoms with Crippen molar-refractivity contribution in [3.05, 3.63) is 23.7 Å². The first-order chi connectivity index (χ1) is 6.86. The van der Waals surface area contributed by atoms with Crippen LogP contribution in [0.25, 0.3) is 0 Å². The van der Waals surface area contributed by atoms with Gasteiger partial charge in [0.1, 0.15) is 11.8 Å². The van der Waals surface area contributed by atoms with Crippen LogP contribution < -0.4 is 5.32 Å². The van der Waals surface area contributed by atoms with Gasteiger partial charge in [0.2, 0.25) is 5.76 Å². The fourth-order valence-electron chi connectivity index (χ4n) is 1.09. The van der Waals surface area contributed by atoms with Gasteiger partial charge in [-0.05, 0) is 37.1 Å². The van der Waals surface area contributed by atoms with Crippen LogP contribution >= 0.6 is 11.8 Å². The number of nitrogens with zero attached hydrogens (tertiary/aromatic N) is 1. The van der Waals surface area contributed by atoms with E-state index in [0.717, 1.165) is 18.7 Å². The van der Waals surface area contributed by atoms with Crippen LogP contribution in [0.1, 0.15) is 17.9 Å². The van der Waals surface area contributed by atoms with E-state index in [1.54, 1.807) is 6.07 Å². The topological polar surface area (TPSA) is 49.0 Å². The van der Waals surface area contributed by atoms with Crippen LogP contribution in [0.2, 0.25) is 0 Å². The highest BCUT2D eigenvalue weighted by atomic mass is 32.2. The molecule has 0 aliphatic rings. The Labute approximate surface area is 88.5 Å². The number of hydrogen-bond donors (Lipinski definition) is 1. The first kappa shape index (κ1) is 11.2. The van der Waals surface area contributed by atoms with Crippen molar-refractivity contribution in [3.8, 4) is 6.07 Å². The van der Waals surface area contributed by atoms with Crippen molar-refractivity contribution in [2.45, 2.75) is 13.0 Å². The lowest BCUT2D eigenvalue weighted by atomic mass is 10.4. The Kier molecular flexibility index (Phi) is 5.20. The lowest BCUT2D eigenvalue weighted by Gasteiger charge is -2.00. The zero-order valence-electron chi connectivity index (χ0n) is 8.25. The Bertz CT molecular complexity index is 303. The minimum Gasteiger partial charge on any atom is -0.449 e. The van der Waals surface area contributed by atoms with Gasteiger partial charge in [-0.25, -0.2) is 0 Å². The maximum Gasteiger partial charge on any atom is 0.203 e. The second-order valence-electron chi connectivity index (χ2n) is 2.90. The van der Waals surface area contributed by atoms with Crippen molar-refractivity contribution in [2.75, 3.05) is 18.6 Å². The lowest BCUT2D eigenvalue weighted by Crippen LogP contribution is -2.14. The van der Waals surface area contributed by atoms with Crippen molar-refractivity contribution in [2.24, 2.45) is 0 Å². The molecule has 4 heteroatoms. The van der Waals surface area contributed by atoms with Crippen LogP contribution in [0.3, 0.4) is 0 Å². The Morgan fingerprint density at radius 2 is 2.43 bits per heavy atom. The average molecular weight is 210 g/mol. The van der Waals surface area contributed by atoms with Gasteiger partial charge in [-0.1, -0.05) is 0 Å². The van der Waals surface area contributed by atoms with E-state index in [1.165, 1.54) is 5.75 Å². The van der Waals surface area contributed by atoms with E-state index in [-0.39, 0.29) is 0 Å². The van der Waals surface area contributed by atoms with Gasteiger partial charge in [-0.3, -0.25) is 0 Å². The summed E-state index contributed by atoms with van der Waals surface area (Å²) in [6, 6.07) is 5.49. The number of thioether (sulfide) groups is 1. The zero-order chi connectivity index (χ0) is 10.2. The summed E-state index contributed by atoms with van der Waals surface area (Å²) in [5.41, 5.74) is 0. The van der Waals surface area contributed by atoms with Gasteiger partial charge in [0.15, 0.2) is 0 Å². The molecule has 1 N–H and O–H groups in total. The van der Waals surface area contributed by atoms with Crippen molar-refractivity contribution >= 4 is 11.8 Å². The maximum atomic E-state index is 8.53. The standard InChI is InChI=1S/C10H14N2OS/c1-14-6-2-5-12-8-10-4-3-9(7-11)13-10/h3-4,12H,2,5-6,8H2,1H3. The molecule has 76 valence electrons. The second kappa shape index (κ2) is 6.52. The average Bonchev–Trinajstić information content (AvgIpc) is 2.65. The van der Waals surface area contributed by atoms with Crippen LogP contribution in [0.5, 0.6) is 0 Å². The predicted molar refractivity (Wildman–Crippen MR) is 58.1 cm³/mol. The highest BCUT2D eigenvalue weighted by Crippen LogP contribution is 2.05. The Morgan fingerprint density at radius 1 is 1.57 bits per heavy atom. The van der Waals surface area contributed by atoms with Crippen LogP contribution in [0.15, 0.2) is 16.5 Å². The smallest absolute Gasteiger partial charge is 0.203 e. The summed E-state index contributed by atoms with van der Waals surface area (Å²) < 4.78 is 5.21. The molecule has 0 fully saturated rings. The molecule has 0 radical (unpaired) electrons. The Balaban J connectivity index is 2.16. The molecule has 1 aromatic heterocycles. The van der Waals surface area contributed by atoms with E-state index in [4.69, 9.17) is 9.68 Å². The molecule has 0 aliphatic carbocycles. The fraction of sp³-hybridized carbons (Fsp3) is 0.500. The largest absolute Gasteiger partial charge is 0.449 e. The van der Waals surface area contributed by atoms with Crippen molar-refractivity contribution in [3.63, 3.8) is 0 Å². The highest BCUT2D eigenvalue weighted by molar-refractivity contribution is 7.98. The van der Waals surface area contributed by atoms with Crippen molar-refractivity contribution in [1.82, 2.24) is 5.32 Å². The van der Waals surface area contributed by atoms with E-state index >= 15 is 0 Å². The third-order valence-electron chi connectivity index (χ3n) is 1.77. The van der Waals surface area contributed by atoms with Crippen LogP contribution in [-0.2, 0) is 6.54 Å². The minimum atomic E-state index is 0.380. The summed E-state index contributed by atoms with van der Waals surface area (Å²) in [4.78, 5) is 0. The first-order valence-electron chi connectivity index (χ1n) is 4.55. The molecule has 0 spiro atoms. The molecule has 1 heterocycles. The molecule has 0 aliphatic heterocycles. The molecule has 1 aromatic rings. The normalized spacial score (nSPS) is 10.0. The summed E-state index contributed by atoms with van der Waals surface area (Å²) >= 11 is 1.85. The highest BCUT2D eigenvalue weighted by Gasteiger charge is 1.99. The Hall–Kier alpha value is -0.920. The molecule has 0 unspecified atom stereocenters. The molecule has 0 saturated heterocycles. The van der Waals surface area contributed by atoms with Gasteiger partial charge in [0.25, 0.3) is 0 Å². The number of hydrogen-bond acceptors (Lipinski definition) is 4. The summed E-state index contributed by atoms with van der Waals surface area (Å²) in [7, 11) is 0. The predicted octanol–water partition coefficient (Wildman–Crippen LogP) is 1.99. The van der Waals surface area contributed by atoms with Gasteiger partial charge in [0, 0.05) is 0 Å². The SMILES string of the molecule is CSCCCNCc1ccc(C#N)o1. The molecule has 14 heavy (non-hydrogen) atoms. The molecule has 0 amide bonds. The number of nitriles is 1. The van der Waals surface area contributed by atoms with Crippen molar-refractivity contribution in [1.29, 1.82) is 5.26 Å². The summed E-state index contributed by atoms with van der Waals surface area (Å²) in [6.45, 7) is 1.69. The number of nitrogens with one attached hydrogen (secondary N) is 1. The summed E-state index contributed by atoms with van der Waals surface area (Å²) in [5.74, 6) is 2.38. The van der Waals surface area contributed by atoms with Crippen LogP contribution in [0.4, 0.5) is 0 Å². The van der Waals surface area contributed by atoms with Gasteiger partial charge < -0.3 is 9.73 Å². The van der Waals surface area contributed by atoms with Crippen LogP contribution in [-0.4, -0.2) is 18.6 Å². The molecule has 0 saturated carbocycles. The van der Waals surface area contributed by atoms with Gasteiger partial charge in [-0.15, -0.1) is 0 Å². The monoisotopic (exact) mass is 210 g/mol. The van der Waals surface area contributed by atoms with Gasteiger partial charge in [-0.2, -0.15) is 17.0 Å². The third kappa shape index (κ3) is 3.86. The molecular formula is C10H14N2OS. The zero-order valence-corrected chi connectivity index (χ0v) is 9.06. The number of furan rings is 1. The molecule has 0 bridgehead atoms. The first-order valence-corrected chi connectivity index (χ1v) is 5.94. The molecule has 0 atom stereocenters. The molecule has 0 aromatic carbocycles. The van der Waals surface area contributed by atoms with E-state index in [1.807, 2.05) is 23.9 Å². The summed E-state index contributed by atoms with van der Waals surface area (Å²) in [6.07, 6.45) is 3.26. The third-order valence-corrected chi connectivity index (χ3v) is 2.47. The quantitative estimate of drug-likeness (QED) is 0.729. The fourth-order valence-corrected chi connectivity index (χ4v) is 1.52. The minimum absolute atomic E-state index is 0.380. The summed E-state index contributed by atoms with van der Waals surface area (Å²) in [5, 5.41) is 11.8. The van der Waals surface area contributed by atoms with Gasteiger partial charge >= 0.3 is 0 Å². The van der Waals surface area contributed by atoms with E-state index in [2.05, 4.69) is 11.6 Å². The van der Waals surface area contributed by atoms with Crippen molar-refractivity contribution < 1.29 is 4.42 Å². The maximum absolute atomic E-state index is 8.53.